The lowest BCUT2D eigenvalue weighted by Crippen LogP contribution is -2.29. The highest BCUT2D eigenvalue weighted by molar-refractivity contribution is 14.0. The third-order valence-electron chi connectivity index (χ3n) is 7.85. The van der Waals surface area contributed by atoms with E-state index in [1.165, 1.54) is 19.3 Å². The van der Waals surface area contributed by atoms with Gasteiger partial charge in [0.1, 0.15) is 0 Å². The first kappa shape index (κ1) is 49.1. The van der Waals surface area contributed by atoms with Crippen LogP contribution in [0.1, 0.15) is 59.7 Å². The first-order valence-electron chi connectivity index (χ1n) is 15.7. The Morgan fingerprint density at radius 2 is 1.07 bits per heavy atom. The zero-order valence-corrected chi connectivity index (χ0v) is 38.5. The molecule has 55 heavy (non-hydrogen) atoms. The van der Waals surface area contributed by atoms with E-state index in [2.05, 4.69) is 15.0 Å². The molecule has 0 atom stereocenters. The van der Waals surface area contributed by atoms with Crippen LogP contribution in [-0.4, -0.2) is 59.2 Å². The maximum Gasteiger partial charge on any atom is 0.264 e. The quantitative estimate of drug-likeness (QED) is 0.118. The number of carbonyl (C=O) groups excluding carboxylic acids is 3. The number of imidazole rings is 1. The summed E-state index contributed by atoms with van der Waals surface area (Å²) in [7, 11) is -11.5. The number of nitrogens with two attached hydrogens (primary N) is 2. The average molecular weight is 1050 g/mol. The van der Waals surface area contributed by atoms with E-state index in [4.69, 9.17) is 11.5 Å². The number of rotatable bonds is 6. The number of halogens is 2. The van der Waals surface area contributed by atoms with Gasteiger partial charge in [-0.2, -0.15) is 0 Å². The summed E-state index contributed by atoms with van der Waals surface area (Å²) in [6.45, 7) is 13.4. The van der Waals surface area contributed by atoms with Crippen molar-refractivity contribution in [2.24, 2.45) is 4.99 Å². The van der Waals surface area contributed by atoms with Gasteiger partial charge in [-0.25, -0.2) is 44.4 Å². The molecule has 1 aromatic heterocycles. The zero-order chi connectivity index (χ0) is 40.4. The van der Waals surface area contributed by atoms with Crippen LogP contribution in [0.25, 0.3) is 11.0 Å². The number of amides is 3. The largest absolute Gasteiger partial charge is 0.397 e. The van der Waals surface area contributed by atoms with E-state index < -0.39 is 47.8 Å². The molecule has 8 N–H and O–H groups in total. The number of aliphatic imine (C=N–C) groups is 1. The predicted octanol–water partition coefficient (Wildman–Crippen LogP) is 3.92. The Balaban J connectivity index is 0.000000405. The van der Waals surface area contributed by atoms with Crippen molar-refractivity contribution in [3.05, 3.63) is 63.5 Å². The molecule has 0 saturated heterocycles. The fourth-order valence-corrected chi connectivity index (χ4v) is 10.4. The summed E-state index contributed by atoms with van der Waals surface area (Å²) in [4.78, 5) is 44.3. The number of benzene rings is 3. The van der Waals surface area contributed by atoms with Crippen molar-refractivity contribution in [3.8, 4) is 0 Å². The van der Waals surface area contributed by atoms with Gasteiger partial charge in [0.2, 0.25) is 17.7 Å². The summed E-state index contributed by atoms with van der Waals surface area (Å²) >= 11 is 0. The van der Waals surface area contributed by atoms with Gasteiger partial charge < -0.3 is 16.5 Å². The number of nitrogen functional groups attached to an aromatic ring is 2. The van der Waals surface area contributed by atoms with Crippen molar-refractivity contribution >= 4 is 130 Å². The third kappa shape index (κ3) is 11.3. The molecule has 0 unspecified atom stereocenters. The van der Waals surface area contributed by atoms with Gasteiger partial charge in [-0.15, -0.1) is 48.0 Å². The number of anilines is 2. The standard InChI is InChI=1S/C12H14N2O3S.C11H13N3O3S.C10H15N3O3S.2HI/c1-7-6-11-10(4-5-13-11)8(2)12(7)18(16,17)14-9(3)15;1-6-4-9-10(13-5-12-9)7(2)11(6)18(16,17)14-8(3)15;1-5-4-8(11)9(12)6(2)10(5)17(15,16)13-7(3)14;;/h5-6H,4H2,1-3H3,(H,14,15);4-5H,1-3H3,(H,12,13)(H,14,15);4H,11-12H2,1-3H3,(H,13,14);2*1H. The summed E-state index contributed by atoms with van der Waals surface area (Å²) in [5.74, 6) is -1.86. The summed E-state index contributed by atoms with van der Waals surface area (Å²) < 4.78 is 78.1. The van der Waals surface area contributed by atoms with Crippen LogP contribution in [0, 0.1) is 41.5 Å². The number of sulfonamides is 3. The molecule has 0 radical (unpaired) electrons. The minimum absolute atomic E-state index is 0. The first-order chi connectivity index (χ1) is 24.3. The average Bonchev–Trinajstić information content (AvgIpc) is 3.64. The van der Waals surface area contributed by atoms with Crippen LogP contribution in [0.4, 0.5) is 17.1 Å². The Kier molecular flexibility index (Phi) is 16.8. The summed E-state index contributed by atoms with van der Waals surface area (Å²) in [6.07, 6.45) is 3.89. The van der Waals surface area contributed by atoms with Crippen molar-refractivity contribution in [1.29, 1.82) is 0 Å². The highest BCUT2D eigenvalue weighted by atomic mass is 127. The molecule has 3 aromatic carbocycles. The first-order valence-corrected chi connectivity index (χ1v) is 20.1. The maximum atomic E-state index is 12.1. The highest BCUT2D eigenvalue weighted by Gasteiger charge is 2.26. The number of hydrogen-bond donors (Lipinski definition) is 6. The van der Waals surface area contributed by atoms with E-state index in [1.807, 2.05) is 14.2 Å². The van der Waals surface area contributed by atoms with Gasteiger partial charge in [0.05, 0.1) is 49.1 Å². The Labute approximate surface area is 354 Å². The SMILES string of the molecule is CC(=O)NS(=O)(=O)c1c(C)cc(N)c(N)c1C.CC(=O)NS(=O)(=O)c1c(C)cc2[nH]cnc2c1C.CC(=O)NS(=O)(=O)c1c(C)cc2c(c1C)CC=N2.I.I. The normalized spacial score (nSPS) is 11.7. The molecule has 302 valence electrons. The van der Waals surface area contributed by atoms with E-state index in [1.54, 1.807) is 59.9 Å². The second-order valence-electron chi connectivity index (χ2n) is 12.2. The molecule has 1 aliphatic heterocycles. The predicted molar refractivity (Wildman–Crippen MR) is 232 cm³/mol. The zero-order valence-electron chi connectivity index (χ0n) is 31.4. The summed E-state index contributed by atoms with van der Waals surface area (Å²) in [5, 5.41) is 0. The van der Waals surface area contributed by atoms with E-state index in [0.29, 0.717) is 51.0 Å². The number of aromatic amines is 1. The van der Waals surface area contributed by atoms with Gasteiger partial charge in [-0.3, -0.25) is 19.4 Å². The number of H-pyrrole nitrogens is 1. The maximum absolute atomic E-state index is 12.1. The monoisotopic (exact) mass is 1050 g/mol. The van der Waals surface area contributed by atoms with Crippen LogP contribution in [0.15, 0.2) is 44.2 Å². The molecule has 22 heteroatoms. The van der Waals surface area contributed by atoms with Gasteiger partial charge in [0, 0.05) is 33.4 Å². The fraction of sp³-hybridized carbons (Fsp3) is 0.303. The third-order valence-corrected chi connectivity index (χ3v) is 13.0. The summed E-state index contributed by atoms with van der Waals surface area (Å²) in [6, 6.07) is 4.90. The smallest absolute Gasteiger partial charge is 0.264 e. The van der Waals surface area contributed by atoms with Crippen LogP contribution in [0.3, 0.4) is 0 Å². The molecule has 2 heterocycles. The van der Waals surface area contributed by atoms with Crippen LogP contribution < -0.4 is 25.6 Å². The Bertz CT molecular complexity index is 2540. The topological polar surface area (TPSA) is 283 Å². The lowest BCUT2D eigenvalue weighted by Gasteiger charge is -2.14. The minimum atomic E-state index is -3.90. The Morgan fingerprint density at radius 1 is 0.655 bits per heavy atom. The van der Waals surface area contributed by atoms with Crippen LogP contribution in [0.5, 0.6) is 0 Å². The highest BCUT2D eigenvalue weighted by Crippen LogP contribution is 2.34. The molecule has 3 amide bonds. The molecule has 0 spiro atoms. The lowest BCUT2D eigenvalue weighted by atomic mass is 10.0. The summed E-state index contributed by atoms with van der Waals surface area (Å²) in [5.41, 5.74) is 18.1. The van der Waals surface area contributed by atoms with Crippen LogP contribution in [0.2, 0.25) is 0 Å². The molecule has 0 fully saturated rings. The molecule has 4 aromatic rings. The van der Waals surface area contributed by atoms with E-state index >= 15 is 0 Å². The molecule has 0 bridgehead atoms. The molecule has 5 rings (SSSR count). The van der Waals surface area contributed by atoms with Crippen molar-refractivity contribution < 1.29 is 39.6 Å². The number of nitrogens with zero attached hydrogens (tertiary/aromatic N) is 2. The van der Waals surface area contributed by atoms with Gasteiger partial charge in [0.15, 0.2) is 0 Å². The second-order valence-corrected chi connectivity index (χ2v) is 17.1. The lowest BCUT2D eigenvalue weighted by molar-refractivity contribution is -0.118. The van der Waals surface area contributed by atoms with Gasteiger partial charge in [-0.1, -0.05) is 0 Å². The molecule has 1 aliphatic rings. The van der Waals surface area contributed by atoms with E-state index in [0.717, 1.165) is 30.6 Å². The number of fused-ring (bicyclic) bond motifs is 2. The Hall–Kier alpha value is -3.88. The van der Waals surface area contributed by atoms with Gasteiger partial charge in [0.25, 0.3) is 30.1 Å². The number of aryl methyl sites for hydroxylation is 4. The molecular formula is C33H44I2N8O9S3. The number of aromatic nitrogens is 2. The van der Waals surface area contributed by atoms with Crippen molar-refractivity contribution in [1.82, 2.24) is 24.1 Å². The van der Waals surface area contributed by atoms with E-state index in [-0.39, 0.29) is 68.3 Å². The number of carbonyl (C=O) groups is 3. The fourth-order valence-electron chi connectivity index (χ4n) is 5.96. The molecule has 0 aliphatic carbocycles. The van der Waals surface area contributed by atoms with Crippen LogP contribution in [-0.2, 0) is 50.9 Å². The van der Waals surface area contributed by atoms with Crippen molar-refractivity contribution in [2.45, 2.75) is 83.4 Å². The van der Waals surface area contributed by atoms with Crippen molar-refractivity contribution in [2.75, 3.05) is 11.5 Å². The number of nitrogens with one attached hydrogen (secondary N) is 4. The minimum Gasteiger partial charge on any atom is -0.397 e. The van der Waals surface area contributed by atoms with Crippen LogP contribution >= 0.6 is 48.0 Å². The second kappa shape index (κ2) is 18.8. The Morgan fingerprint density at radius 3 is 1.55 bits per heavy atom. The molecule has 17 nitrogen and oxygen atoms in total. The van der Waals surface area contributed by atoms with E-state index in [9.17, 15) is 39.6 Å². The molecular weight excluding hydrogens is 1000 g/mol. The van der Waals surface area contributed by atoms with Gasteiger partial charge in [-0.05, 0) is 98.7 Å². The molecule has 0 saturated carbocycles. The number of hydrogen-bond acceptors (Lipinski definition) is 13. The van der Waals surface area contributed by atoms with Gasteiger partial charge >= 0.3 is 0 Å². The van der Waals surface area contributed by atoms with Crippen molar-refractivity contribution in [3.63, 3.8) is 0 Å².